The number of carbonyl (C=O) groups is 1. The molecule has 23 heavy (non-hydrogen) atoms. The maximum atomic E-state index is 12.5. The molecule has 0 radical (unpaired) electrons. The van der Waals surface area contributed by atoms with Crippen molar-refractivity contribution in [1.82, 2.24) is 4.98 Å². The molecular formula is C18H16N2O2S. The molecule has 0 aliphatic heterocycles. The molecule has 1 amide bonds. The second kappa shape index (κ2) is 6.30. The summed E-state index contributed by atoms with van der Waals surface area (Å²) in [7, 11) is 0. The van der Waals surface area contributed by atoms with Gasteiger partial charge in [-0.2, -0.15) is 0 Å². The second-order valence-electron chi connectivity index (χ2n) is 5.23. The number of pyridine rings is 1. The van der Waals surface area contributed by atoms with Gasteiger partial charge in [0.2, 0.25) is 5.56 Å². The van der Waals surface area contributed by atoms with Gasteiger partial charge in [0.1, 0.15) is 0 Å². The van der Waals surface area contributed by atoms with Crippen molar-refractivity contribution in [1.29, 1.82) is 0 Å². The van der Waals surface area contributed by atoms with Gasteiger partial charge in [0.25, 0.3) is 5.91 Å². The minimum absolute atomic E-state index is 0.147. The smallest absolute Gasteiger partial charge is 0.256 e. The van der Waals surface area contributed by atoms with Gasteiger partial charge >= 0.3 is 0 Å². The highest BCUT2D eigenvalue weighted by Gasteiger charge is 2.11. The lowest BCUT2D eigenvalue weighted by Crippen LogP contribution is -2.13. The Morgan fingerprint density at radius 2 is 1.91 bits per heavy atom. The van der Waals surface area contributed by atoms with Crippen LogP contribution >= 0.6 is 11.8 Å². The highest BCUT2D eigenvalue weighted by molar-refractivity contribution is 7.98. The zero-order valence-electron chi connectivity index (χ0n) is 12.8. The standard InChI is InChI=1S/C18H16N2O2S/c1-11-9-17(21)20-15-10-12(7-8-13(11)15)19-18(22)14-5-3-4-6-16(14)23-2/h3-10H,1-2H3,(H,19,22)(H,20,21). The van der Waals surface area contributed by atoms with Crippen LogP contribution in [0.3, 0.4) is 0 Å². The van der Waals surface area contributed by atoms with E-state index in [-0.39, 0.29) is 11.5 Å². The molecule has 2 aromatic carbocycles. The normalized spacial score (nSPS) is 10.7. The molecular weight excluding hydrogens is 308 g/mol. The molecule has 0 unspecified atom stereocenters. The van der Waals surface area contributed by atoms with Crippen LogP contribution in [0.25, 0.3) is 10.9 Å². The predicted octanol–water partition coefficient (Wildman–Crippen LogP) is 3.81. The lowest BCUT2D eigenvalue weighted by Gasteiger charge is -2.10. The summed E-state index contributed by atoms with van der Waals surface area (Å²) in [4.78, 5) is 27.8. The molecule has 0 aliphatic rings. The van der Waals surface area contributed by atoms with Crippen LogP contribution in [0.2, 0.25) is 0 Å². The molecule has 0 bridgehead atoms. The van der Waals surface area contributed by atoms with E-state index in [2.05, 4.69) is 10.3 Å². The van der Waals surface area contributed by atoms with Gasteiger partial charge in [-0.25, -0.2) is 0 Å². The van der Waals surface area contributed by atoms with Gasteiger partial charge in [-0.3, -0.25) is 9.59 Å². The third kappa shape index (κ3) is 3.14. The van der Waals surface area contributed by atoms with Crippen LogP contribution in [0.15, 0.2) is 58.2 Å². The van der Waals surface area contributed by atoms with E-state index in [4.69, 9.17) is 0 Å². The minimum Gasteiger partial charge on any atom is -0.322 e. The number of anilines is 1. The fraction of sp³-hybridized carbons (Fsp3) is 0.111. The Kier molecular flexibility index (Phi) is 4.21. The number of hydrogen-bond acceptors (Lipinski definition) is 3. The molecule has 0 atom stereocenters. The van der Waals surface area contributed by atoms with Crippen LogP contribution in [0.5, 0.6) is 0 Å². The molecule has 0 saturated carbocycles. The summed E-state index contributed by atoms with van der Waals surface area (Å²) < 4.78 is 0. The van der Waals surface area contributed by atoms with Crippen LogP contribution in [-0.2, 0) is 0 Å². The van der Waals surface area contributed by atoms with E-state index in [1.807, 2.05) is 43.5 Å². The van der Waals surface area contributed by atoms with Gasteiger partial charge < -0.3 is 10.3 Å². The van der Waals surface area contributed by atoms with Gasteiger partial charge in [-0.1, -0.05) is 18.2 Å². The van der Waals surface area contributed by atoms with Crippen molar-refractivity contribution in [2.24, 2.45) is 0 Å². The molecule has 5 heteroatoms. The average Bonchev–Trinajstić information content (AvgIpc) is 2.54. The zero-order chi connectivity index (χ0) is 16.4. The Balaban J connectivity index is 1.95. The van der Waals surface area contributed by atoms with Crippen molar-refractivity contribution in [3.8, 4) is 0 Å². The van der Waals surface area contributed by atoms with Crippen LogP contribution in [0.4, 0.5) is 5.69 Å². The van der Waals surface area contributed by atoms with Gasteiger partial charge in [0.05, 0.1) is 11.1 Å². The van der Waals surface area contributed by atoms with Crippen molar-refractivity contribution < 1.29 is 4.79 Å². The van der Waals surface area contributed by atoms with E-state index in [0.29, 0.717) is 16.8 Å². The third-order valence-electron chi connectivity index (χ3n) is 3.66. The summed E-state index contributed by atoms with van der Waals surface area (Å²) in [5.74, 6) is -0.163. The minimum atomic E-state index is -0.163. The van der Waals surface area contributed by atoms with Crippen molar-refractivity contribution >= 4 is 34.3 Å². The predicted molar refractivity (Wildman–Crippen MR) is 95.5 cm³/mol. The quantitative estimate of drug-likeness (QED) is 0.720. The number of rotatable bonds is 3. The average molecular weight is 324 g/mol. The Labute approximate surface area is 137 Å². The Bertz CT molecular complexity index is 947. The summed E-state index contributed by atoms with van der Waals surface area (Å²) >= 11 is 1.53. The molecule has 0 saturated heterocycles. The molecule has 2 N–H and O–H groups in total. The highest BCUT2D eigenvalue weighted by Crippen LogP contribution is 2.23. The SMILES string of the molecule is CSc1ccccc1C(=O)Nc1ccc2c(C)cc(=O)[nH]c2c1. The van der Waals surface area contributed by atoms with Gasteiger partial charge in [0, 0.05) is 22.0 Å². The van der Waals surface area contributed by atoms with Crippen molar-refractivity contribution in [3.05, 3.63) is 70.0 Å². The summed E-state index contributed by atoms with van der Waals surface area (Å²) in [6.07, 6.45) is 1.94. The van der Waals surface area contributed by atoms with Crippen molar-refractivity contribution in [2.45, 2.75) is 11.8 Å². The summed E-state index contributed by atoms with van der Waals surface area (Å²) in [6, 6.07) is 14.6. The van der Waals surface area contributed by atoms with Gasteiger partial charge in [-0.15, -0.1) is 11.8 Å². The lowest BCUT2D eigenvalue weighted by atomic mass is 10.1. The van der Waals surface area contributed by atoms with E-state index >= 15 is 0 Å². The maximum absolute atomic E-state index is 12.5. The first kappa shape index (κ1) is 15.4. The maximum Gasteiger partial charge on any atom is 0.256 e. The number of aromatic nitrogens is 1. The molecule has 1 heterocycles. The number of thioether (sulfide) groups is 1. The third-order valence-corrected chi connectivity index (χ3v) is 4.46. The highest BCUT2D eigenvalue weighted by atomic mass is 32.2. The molecule has 3 rings (SSSR count). The fourth-order valence-electron chi connectivity index (χ4n) is 2.54. The number of amides is 1. The van der Waals surface area contributed by atoms with E-state index in [0.717, 1.165) is 15.8 Å². The van der Waals surface area contributed by atoms with Gasteiger partial charge in [0.15, 0.2) is 0 Å². The van der Waals surface area contributed by atoms with Crippen LogP contribution in [0, 0.1) is 6.92 Å². The molecule has 4 nitrogen and oxygen atoms in total. The largest absolute Gasteiger partial charge is 0.322 e. The van der Waals surface area contributed by atoms with Gasteiger partial charge in [-0.05, 0) is 43.0 Å². The second-order valence-corrected chi connectivity index (χ2v) is 6.08. The number of fused-ring (bicyclic) bond motifs is 1. The molecule has 116 valence electrons. The fourth-order valence-corrected chi connectivity index (χ4v) is 3.14. The van der Waals surface area contributed by atoms with E-state index in [1.54, 1.807) is 18.2 Å². The van der Waals surface area contributed by atoms with Crippen LogP contribution < -0.4 is 10.9 Å². The number of hydrogen-bond donors (Lipinski definition) is 2. The summed E-state index contributed by atoms with van der Waals surface area (Å²) in [5.41, 5.74) is 2.77. The van der Waals surface area contributed by atoms with Crippen LogP contribution in [0.1, 0.15) is 15.9 Å². The number of aryl methyl sites for hydroxylation is 1. The Morgan fingerprint density at radius 1 is 1.13 bits per heavy atom. The number of carbonyl (C=O) groups excluding carboxylic acids is 1. The topological polar surface area (TPSA) is 62.0 Å². The molecule has 0 spiro atoms. The number of H-pyrrole nitrogens is 1. The summed E-state index contributed by atoms with van der Waals surface area (Å²) in [6.45, 7) is 1.89. The van der Waals surface area contributed by atoms with E-state index in [9.17, 15) is 9.59 Å². The molecule has 3 aromatic rings. The Morgan fingerprint density at radius 3 is 2.70 bits per heavy atom. The number of benzene rings is 2. The Hall–Kier alpha value is -2.53. The van der Waals surface area contributed by atoms with Crippen molar-refractivity contribution in [2.75, 3.05) is 11.6 Å². The molecule has 1 aromatic heterocycles. The van der Waals surface area contributed by atoms with E-state index in [1.165, 1.54) is 11.8 Å². The first-order valence-electron chi connectivity index (χ1n) is 7.16. The number of nitrogens with one attached hydrogen (secondary N) is 2. The monoisotopic (exact) mass is 324 g/mol. The molecule has 0 aliphatic carbocycles. The molecule has 0 fully saturated rings. The van der Waals surface area contributed by atoms with Crippen LogP contribution in [-0.4, -0.2) is 17.1 Å². The summed E-state index contributed by atoms with van der Waals surface area (Å²) in [5, 5.41) is 3.85. The first-order valence-corrected chi connectivity index (χ1v) is 8.39. The van der Waals surface area contributed by atoms with E-state index < -0.39 is 0 Å². The zero-order valence-corrected chi connectivity index (χ0v) is 13.7. The van der Waals surface area contributed by atoms with Crippen molar-refractivity contribution in [3.63, 3.8) is 0 Å². The number of aromatic amines is 1. The first-order chi connectivity index (χ1) is 11.1. The lowest BCUT2D eigenvalue weighted by molar-refractivity contribution is 0.102.